The van der Waals surface area contributed by atoms with E-state index in [1.54, 1.807) is 32.2 Å². The second-order valence-electron chi connectivity index (χ2n) is 7.27. The van der Waals surface area contributed by atoms with Crippen molar-refractivity contribution in [3.8, 4) is 0 Å². The Morgan fingerprint density at radius 3 is 2.45 bits per heavy atom. The van der Waals surface area contributed by atoms with E-state index in [0.717, 1.165) is 17.7 Å². The normalized spacial score (nSPS) is 10.8. The molecular formula is C22H29N3O4. The fourth-order valence-corrected chi connectivity index (χ4v) is 2.38. The number of aliphatic imine (C=N–C) groups is 1. The molecule has 0 fully saturated rings. The molecule has 0 heterocycles. The van der Waals surface area contributed by atoms with Gasteiger partial charge in [0.2, 0.25) is 0 Å². The van der Waals surface area contributed by atoms with Crippen LogP contribution in [0.1, 0.15) is 45.7 Å². The Morgan fingerprint density at radius 2 is 1.90 bits per heavy atom. The van der Waals surface area contributed by atoms with E-state index in [9.17, 15) is 14.9 Å². The molecule has 7 nitrogen and oxygen atoms in total. The van der Waals surface area contributed by atoms with E-state index in [0.29, 0.717) is 5.69 Å². The molecule has 0 aromatic heterocycles. The van der Waals surface area contributed by atoms with E-state index in [1.165, 1.54) is 11.6 Å². The average molecular weight is 399 g/mol. The van der Waals surface area contributed by atoms with Crippen LogP contribution in [0.4, 0.5) is 21.9 Å². The lowest BCUT2D eigenvalue weighted by atomic mass is 10.1. The van der Waals surface area contributed by atoms with Crippen LogP contribution < -0.4 is 5.32 Å². The van der Waals surface area contributed by atoms with Gasteiger partial charge in [-0.2, -0.15) is 0 Å². The predicted molar refractivity (Wildman–Crippen MR) is 117 cm³/mol. The van der Waals surface area contributed by atoms with Crippen LogP contribution in [-0.4, -0.2) is 22.8 Å². The topological polar surface area (TPSA) is 93.8 Å². The van der Waals surface area contributed by atoms with Gasteiger partial charge in [0.05, 0.1) is 4.92 Å². The van der Waals surface area contributed by atoms with E-state index < -0.39 is 16.6 Å². The van der Waals surface area contributed by atoms with Gasteiger partial charge in [-0.3, -0.25) is 20.4 Å². The predicted octanol–water partition coefficient (Wildman–Crippen LogP) is 6.22. The molecule has 0 spiro atoms. The highest BCUT2D eigenvalue weighted by Gasteiger charge is 2.16. The monoisotopic (exact) mass is 399 g/mol. The highest BCUT2D eigenvalue weighted by molar-refractivity contribution is 5.84. The average Bonchev–Trinajstić information content (AvgIpc) is 2.62. The summed E-state index contributed by atoms with van der Waals surface area (Å²) in [6, 6.07) is 12.7. The van der Waals surface area contributed by atoms with Crippen molar-refractivity contribution in [3.63, 3.8) is 0 Å². The van der Waals surface area contributed by atoms with Crippen LogP contribution in [0.2, 0.25) is 0 Å². The van der Waals surface area contributed by atoms with Crippen LogP contribution >= 0.6 is 0 Å². The smallest absolute Gasteiger partial charge is 0.412 e. The van der Waals surface area contributed by atoms with Crippen LogP contribution in [0, 0.1) is 17.0 Å². The van der Waals surface area contributed by atoms with Crippen molar-refractivity contribution in [2.45, 2.75) is 53.6 Å². The number of nitrogens with zero attached hydrogens (tertiary/aromatic N) is 2. The maximum absolute atomic E-state index is 11.5. The molecule has 2 rings (SSSR count). The van der Waals surface area contributed by atoms with Gasteiger partial charge in [-0.25, -0.2) is 4.79 Å². The summed E-state index contributed by atoms with van der Waals surface area (Å²) in [4.78, 5) is 25.6. The SMILES string of the molecule is CC=Nc1c(C)cccc1[N+](=O)[O-].CCc1cccc(NC(=O)OC(C)(C)C)c1. The number of aryl methyl sites for hydroxylation is 2. The highest BCUT2D eigenvalue weighted by Crippen LogP contribution is 2.29. The largest absolute Gasteiger partial charge is 0.444 e. The third-order valence-corrected chi connectivity index (χ3v) is 3.65. The third kappa shape index (κ3) is 8.55. The van der Waals surface area contributed by atoms with Crippen molar-refractivity contribution in [1.29, 1.82) is 0 Å². The number of ether oxygens (including phenoxy) is 1. The number of anilines is 1. The van der Waals surface area contributed by atoms with Crippen molar-refractivity contribution in [1.82, 2.24) is 0 Å². The van der Waals surface area contributed by atoms with E-state index in [1.807, 2.05) is 45.0 Å². The summed E-state index contributed by atoms with van der Waals surface area (Å²) in [7, 11) is 0. The molecule has 0 aliphatic heterocycles. The van der Waals surface area contributed by atoms with E-state index in [2.05, 4.69) is 17.2 Å². The van der Waals surface area contributed by atoms with Crippen molar-refractivity contribution in [3.05, 3.63) is 63.7 Å². The van der Waals surface area contributed by atoms with Crippen molar-refractivity contribution < 1.29 is 14.5 Å². The Balaban J connectivity index is 0.000000296. The molecule has 29 heavy (non-hydrogen) atoms. The minimum Gasteiger partial charge on any atom is -0.444 e. The van der Waals surface area contributed by atoms with Gasteiger partial charge in [0.1, 0.15) is 11.3 Å². The van der Waals surface area contributed by atoms with Crippen LogP contribution in [0.25, 0.3) is 0 Å². The fourth-order valence-electron chi connectivity index (χ4n) is 2.38. The molecule has 2 aromatic carbocycles. The number of amides is 1. The van der Waals surface area contributed by atoms with Gasteiger partial charge in [0.25, 0.3) is 5.69 Å². The highest BCUT2D eigenvalue weighted by atomic mass is 16.6. The second kappa shape index (κ2) is 10.9. The zero-order chi connectivity index (χ0) is 22.0. The number of nitrogens with one attached hydrogen (secondary N) is 1. The lowest BCUT2D eigenvalue weighted by Crippen LogP contribution is -2.27. The van der Waals surface area contributed by atoms with Gasteiger partial charge >= 0.3 is 6.09 Å². The van der Waals surface area contributed by atoms with Crippen LogP contribution in [0.15, 0.2) is 47.5 Å². The number of nitro benzene ring substituents is 1. The zero-order valence-electron chi connectivity index (χ0n) is 17.9. The van der Waals surface area contributed by atoms with Gasteiger partial charge < -0.3 is 4.74 Å². The second-order valence-corrected chi connectivity index (χ2v) is 7.27. The summed E-state index contributed by atoms with van der Waals surface area (Å²) >= 11 is 0. The van der Waals surface area contributed by atoms with Crippen molar-refractivity contribution in [2.75, 3.05) is 5.32 Å². The van der Waals surface area contributed by atoms with Crippen molar-refractivity contribution >= 4 is 29.4 Å². The van der Waals surface area contributed by atoms with Gasteiger partial charge in [0.15, 0.2) is 0 Å². The quantitative estimate of drug-likeness (QED) is 0.375. The molecule has 0 aliphatic rings. The molecule has 0 saturated carbocycles. The van der Waals surface area contributed by atoms with Crippen LogP contribution in [0.5, 0.6) is 0 Å². The maximum atomic E-state index is 11.5. The first-order valence-corrected chi connectivity index (χ1v) is 9.39. The molecule has 0 bridgehead atoms. The van der Waals surface area contributed by atoms with Crippen LogP contribution in [0.3, 0.4) is 0 Å². The summed E-state index contributed by atoms with van der Waals surface area (Å²) in [5, 5.41) is 13.3. The molecule has 0 aliphatic carbocycles. The number of carbonyl (C=O) groups excluding carboxylic acids is 1. The summed E-state index contributed by atoms with van der Waals surface area (Å²) in [6.45, 7) is 11.1. The minimum atomic E-state index is -0.466. The zero-order valence-corrected chi connectivity index (χ0v) is 17.9. The number of para-hydroxylation sites is 1. The fraction of sp³-hybridized carbons (Fsp3) is 0.364. The van der Waals surface area contributed by atoms with Gasteiger partial charge in [-0.05, 0) is 64.3 Å². The first-order valence-electron chi connectivity index (χ1n) is 9.39. The first kappa shape index (κ1) is 23.8. The summed E-state index contributed by atoms with van der Waals surface area (Å²) in [5.41, 5.74) is 2.80. The summed E-state index contributed by atoms with van der Waals surface area (Å²) in [6.07, 6.45) is 2.08. The molecule has 0 atom stereocenters. The van der Waals surface area contributed by atoms with Gasteiger partial charge in [0, 0.05) is 18.0 Å². The lowest BCUT2D eigenvalue weighted by molar-refractivity contribution is -0.384. The molecule has 1 N–H and O–H groups in total. The van der Waals surface area contributed by atoms with E-state index in [4.69, 9.17) is 4.74 Å². The number of carbonyl (C=O) groups is 1. The Hall–Kier alpha value is -3.22. The third-order valence-electron chi connectivity index (χ3n) is 3.65. The number of rotatable bonds is 4. The molecule has 0 saturated heterocycles. The van der Waals surface area contributed by atoms with E-state index in [-0.39, 0.29) is 5.69 Å². The number of hydrogen-bond donors (Lipinski definition) is 1. The van der Waals surface area contributed by atoms with Crippen LogP contribution in [-0.2, 0) is 11.2 Å². The summed E-state index contributed by atoms with van der Waals surface area (Å²) < 4.78 is 5.17. The van der Waals surface area contributed by atoms with Gasteiger partial charge in [-0.1, -0.05) is 31.2 Å². The molecule has 156 valence electrons. The lowest BCUT2D eigenvalue weighted by Gasteiger charge is -2.19. The standard InChI is InChI=1S/C13H19NO2.C9H10N2O2/c1-5-10-7-6-8-11(9-10)14-12(15)16-13(2,3)4;1-3-10-9-7(2)5-4-6-8(9)11(12)13/h6-9H,5H2,1-4H3,(H,14,15);3-6H,1-2H3. The van der Waals surface area contributed by atoms with E-state index >= 15 is 0 Å². The number of nitro groups is 1. The Morgan fingerprint density at radius 1 is 1.24 bits per heavy atom. The summed E-state index contributed by atoms with van der Waals surface area (Å²) in [5.74, 6) is 0. The minimum absolute atomic E-state index is 0.0538. The Kier molecular flexibility index (Phi) is 8.99. The van der Waals surface area contributed by atoms with Gasteiger partial charge in [-0.15, -0.1) is 0 Å². The molecular weight excluding hydrogens is 370 g/mol. The molecule has 2 aromatic rings. The molecule has 0 unspecified atom stereocenters. The first-order chi connectivity index (χ1) is 13.6. The Labute approximate surface area is 172 Å². The number of hydrogen-bond acceptors (Lipinski definition) is 5. The Bertz CT molecular complexity index is 871. The molecule has 7 heteroatoms. The number of benzene rings is 2. The maximum Gasteiger partial charge on any atom is 0.412 e. The molecule has 1 amide bonds. The van der Waals surface area contributed by atoms with Crippen molar-refractivity contribution in [2.24, 2.45) is 4.99 Å². The molecule has 0 radical (unpaired) electrons.